The van der Waals surface area contributed by atoms with Crippen LogP contribution >= 0.6 is 0 Å². The fraction of sp³-hybridized carbons (Fsp3) is 0.500. The van der Waals surface area contributed by atoms with E-state index in [2.05, 4.69) is 39.4 Å². The van der Waals surface area contributed by atoms with Crippen molar-refractivity contribution in [2.24, 2.45) is 0 Å². The second kappa shape index (κ2) is 8.36. The van der Waals surface area contributed by atoms with E-state index >= 15 is 0 Å². The molecule has 0 fully saturated rings. The number of methoxy groups -OCH3 is 2. The smallest absolute Gasteiger partial charge is 0.377 e. The van der Waals surface area contributed by atoms with Gasteiger partial charge in [-0.3, -0.25) is 0 Å². The van der Waals surface area contributed by atoms with Crippen molar-refractivity contribution in [3.05, 3.63) is 23.9 Å². The van der Waals surface area contributed by atoms with Crippen LogP contribution in [0.25, 0.3) is 11.4 Å². The van der Waals surface area contributed by atoms with Gasteiger partial charge in [0.05, 0.1) is 26.0 Å². The first-order chi connectivity index (χ1) is 12.2. The molecule has 8 nitrogen and oxygen atoms in total. The summed E-state index contributed by atoms with van der Waals surface area (Å²) in [4.78, 5) is 19.7. The van der Waals surface area contributed by atoms with Crippen molar-refractivity contribution < 1.29 is 23.4 Å². The molecular weight excluding hydrogens is 359 g/mol. The topological polar surface area (TPSA) is 88.4 Å². The molecule has 0 radical (unpaired) electrons. The Kier molecular flexibility index (Phi) is 6.43. The van der Waals surface area contributed by atoms with E-state index in [0.29, 0.717) is 6.61 Å². The van der Waals surface area contributed by atoms with Crippen LogP contribution in [0.1, 0.15) is 10.6 Å². The van der Waals surface area contributed by atoms with Crippen molar-refractivity contribution in [2.75, 3.05) is 20.8 Å². The lowest BCUT2D eigenvalue weighted by Gasteiger charge is -2.15. The summed E-state index contributed by atoms with van der Waals surface area (Å²) in [5.74, 6) is -1.15. The van der Waals surface area contributed by atoms with Crippen LogP contribution in [-0.2, 0) is 16.2 Å². The molecule has 0 N–H and O–H groups in total. The Morgan fingerprint density at radius 3 is 2.65 bits per heavy atom. The van der Waals surface area contributed by atoms with Crippen molar-refractivity contribution in [1.29, 1.82) is 0 Å². The van der Waals surface area contributed by atoms with Gasteiger partial charge < -0.3 is 14.2 Å². The number of hydrogen-bond acceptors (Lipinski definition) is 7. The Labute approximate surface area is 152 Å². The highest BCUT2D eigenvalue weighted by atomic mass is 28.3. The van der Waals surface area contributed by atoms with E-state index in [1.54, 1.807) is 0 Å². The highest BCUT2D eigenvalue weighted by Gasteiger charge is 2.21. The average Bonchev–Trinajstić information content (AvgIpc) is 3.01. The molecule has 0 bridgehead atoms. The minimum atomic E-state index is -1.24. The van der Waals surface area contributed by atoms with E-state index in [4.69, 9.17) is 9.47 Å². The summed E-state index contributed by atoms with van der Waals surface area (Å²) in [6, 6.07) is 2.36. The number of ether oxygens (including phenoxy) is 3. The molecule has 10 heteroatoms. The molecule has 2 rings (SSSR count). The monoisotopic (exact) mass is 382 g/mol. The summed E-state index contributed by atoms with van der Waals surface area (Å²) in [5.41, 5.74) is 0.105. The zero-order valence-corrected chi connectivity index (χ0v) is 16.6. The largest absolute Gasteiger partial charge is 0.481 e. The summed E-state index contributed by atoms with van der Waals surface area (Å²) in [7, 11) is 1.41. The first-order valence-corrected chi connectivity index (χ1v) is 11.8. The number of rotatable bonds is 8. The van der Waals surface area contributed by atoms with Gasteiger partial charge in [-0.15, -0.1) is 5.10 Å². The number of pyridine rings is 1. The molecule has 2 aromatic rings. The van der Waals surface area contributed by atoms with Crippen LogP contribution in [0.3, 0.4) is 0 Å². The zero-order valence-electron chi connectivity index (χ0n) is 15.6. The number of carbonyl (C=O) groups excluding carboxylic acids is 1. The molecular formula is C16H23FN4O4Si. The van der Waals surface area contributed by atoms with Crippen molar-refractivity contribution >= 4 is 14.0 Å². The maximum atomic E-state index is 14.3. The van der Waals surface area contributed by atoms with Gasteiger partial charge in [0.25, 0.3) is 5.82 Å². The predicted octanol–water partition coefficient (Wildman–Crippen LogP) is 2.59. The normalized spacial score (nSPS) is 11.5. The SMILES string of the molecule is COC(=O)c1nc(-c2cc(OC)ncc2F)n(COCC[Si](C)(C)C)n1. The molecule has 142 valence electrons. The minimum absolute atomic E-state index is 0.0356. The van der Waals surface area contributed by atoms with E-state index in [-0.39, 0.29) is 29.8 Å². The van der Waals surface area contributed by atoms with E-state index in [9.17, 15) is 9.18 Å². The average molecular weight is 382 g/mol. The standard InChI is InChI=1S/C16H23FN4O4Si/c1-23-13-8-11(12(17)9-18-13)15-19-14(16(22)24-2)20-21(15)10-25-6-7-26(3,4)5/h8-9H,6-7,10H2,1-5H3. The first-order valence-electron chi connectivity index (χ1n) is 8.06. The van der Waals surface area contributed by atoms with Crippen molar-refractivity contribution in [3.63, 3.8) is 0 Å². The van der Waals surface area contributed by atoms with Crippen LogP contribution in [0.4, 0.5) is 4.39 Å². The molecule has 0 unspecified atom stereocenters. The molecule has 0 aliphatic heterocycles. The molecule has 0 aliphatic carbocycles. The molecule has 2 aromatic heterocycles. The van der Waals surface area contributed by atoms with Crippen LogP contribution in [0, 0.1) is 5.82 Å². The van der Waals surface area contributed by atoms with Crippen LogP contribution in [0.5, 0.6) is 5.88 Å². The molecule has 0 atom stereocenters. The summed E-state index contributed by atoms with van der Waals surface area (Å²) >= 11 is 0. The van der Waals surface area contributed by atoms with E-state index < -0.39 is 19.9 Å². The molecule has 26 heavy (non-hydrogen) atoms. The summed E-state index contributed by atoms with van der Waals surface area (Å²) in [6.45, 7) is 7.31. The Morgan fingerprint density at radius 1 is 1.31 bits per heavy atom. The number of esters is 1. The van der Waals surface area contributed by atoms with Crippen LogP contribution < -0.4 is 4.74 Å². The van der Waals surface area contributed by atoms with Crippen LogP contribution in [0.2, 0.25) is 25.7 Å². The fourth-order valence-electron chi connectivity index (χ4n) is 2.04. The molecule has 0 spiro atoms. The van der Waals surface area contributed by atoms with Gasteiger partial charge in [0.15, 0.2) is 11.6 Å². The van der Waals surface area contributed by atoms with Crippen molar-refractivity contribution in [3.8, 4) is 17.3 Å². The van der Waals surface area contributed by atoms with E-state index in [1.165, 1.54) is 25.0 Å². The van der Waals surface area contributed by atoms with E-state index in [0.717, 1.165) is 12.2 Å². The lowest BCUT2D eigenvalue weighted by Crippen LogP contribution is -2.22. The number of aromatic nitrogens is 4. The quantitative estimate of drug-likeness (QED) is 0.394. The Bertz CT molecular complexity index is 776. The lowest BCUT2D eigenvalue weighted by atomic mass is 10.2. The summed E-state index contributed by atoms with van der Waals surface area (Å²) in [5, 5.41) is 4.08. The molecule has 0 aromatic carbocycles. The molecule has 0 amide bonds. The number of carbonyl (C=O) groups is 1. The van der Waals surface area contributed by atoms with Gasteiger partial charge in [0.1, 0.15) is 6.73 Å². The Hall–Kier alpha value is -2.33. The third-order valence-electron chi connectivity index (χ3n) is 3.53. The predicted molar refractivity (Wildman–Crippen MR) is 95.2 cm³/mol. The lowest BCUT2D eigenvalue weighted by molar-refractivity contribution is 0.0578. The first kappa shape index (κ1) is 20.0. The van der Waals surface area contributed by atoms with Gasteiger partial charge in [0, 0.05) is 20.7 Å². The van der Waals surface area contributed by atoms with Gasteiger partial charge in [0.2, 0.25) is 5.88 Å². The highest BCUT2D eigenvalue weighted by Crippen LogP contribution is 2.24. The van der Waals surface area contributed by atoms with Crippen LogP contribution in [-0.4, -0.2) is 54.6 Å². The second-order valence-electron chi connectivity index (χ2n) is 6.80. The number of nitrogens with zero attached hydrogens (tertiary/aromatic N) is 4. The Morgan fingerprint density at radius 2 is 2.04 bits per heavy atom. The fourth-order valence-corrected chi connectivity index (χ4v) is 2.80. The van der Waals surface area contributed by atoms with Gasteiger partial charge in [-0.25, -0.2) is 23.8 Å². The van der Waals surface area contributed by atoms with Gasteiger partial charge in [-0.05, 0) is 6.04 Å². The summed E-state index contributed by atoms with van der Waals surface area (Å²) in [6.07, 6.45) is 1.02. The minimum Gasteiger partial charge on any atom is -0.481 e. The highest BCUT2D eigenvalue weighted by molar-refractivity contribution is 6.76. The molecule has 0 saturated carbocycles. The number of halogens is 1. The maximum Gasteiger partial charge on any atom is 0.377 e. The maximum absolute atomic E-state index is 14.3. The third kappa shape index (κ3) is 5.08. The zero-order chi connectivity index (χ0) is 19.3. The number of hydrogen-bond donors (Lipinski definition) is 0. The van der Waals surface area contributed by atoms with Crippen molar-refractivity contribution in [2.45, 2.75) is 32.4 Å². The van der Waals surface area contributed by atoms with Crippen LogP contribution in [0.15, 0.2) is 12.3 Å². The van der Waals surface area contributed by atoms with Gasteiger partial charge in [-0.2, -0.15) is 0 Å². The molecule has 0 saturated heterocycles. The second-order valence-corrected chi connectivity index (χ2v) is 12.4. The summed E-state index contributed by atoms with van der Waals surface area (Å²) < 4.78 is 30.9. The molecule has 0 aliphatic rings. The Balaban J connectivity index is 2.31. The third-order valence-corrected chi connectivity index (χ3v) is 5.23. The molecule has 2 heterocycles. The van der Waals surface area contributed by atoms with E-state index in [1.807, 2.05) is 0 Å². The van der Waals surface area contributed by atoms with Gasteiger partial charge >= 0.3 is 5.97 Å². The van der Waals surface area contributed by atoms with Gasteiger partial charge in [-0.1, -0.05) is 19.6 Å². The van der Waals surface area contributed by atoms with Crippen molar-refractivity contribution in [1.82, 2.24) is 19.7 Å².